The second-order valence-corrected chi connectivity index (χ2v) is 6.01. The highest BCUT2D eigenvalue weighted by Crippen LogP contribution is 2.22. The third-order valence-corrected chi connectivity index (χ3v) is 4.27. The first-order chi connectivity index (χ1) is 11.3. The van der Waals surface area contributed by atoms with Gasteiger partial charge in [0.25, 0.3) is 0 Å². The monoisotopic (exact) mass is 314 g/mol. The van der Waals surface area contributed by atoms with Crippen LogP contribution in [0.3, 0.4) is 0 Å². The molecule has 1 atom stereocenters. The number of aromatic amines is 1. The van der Waals surface area contributed by atoms with Crippen LogP contribution in [0.4, 0.5) is 0 Å². The number of carbonyl (C=O) groups is 1. The molecule has 3 rings (SSSR count). The molecule has 2 aromatic rings. The van der Waals surface area contributed by atoms with E-state index in [0.717, 1.165) is 43.7 Å². The van der Waals surface area contributed by atoms with Gasteiger partial charge in [0.15, 0.2) is 0 Å². The van der Waals surface area contributed by atoms with Gasteiger partial charge in [-0.25, -0.2) is 0 Å². The lowest BCUT2D eigenvalue weighted by atomic mass is 9.91. The number of hydrogen-bond donors (Lipinski definition) is 1. The summed E-state index contributed by atoms with van der Waals surface area (Å²) in [4.78, 5) is 18.4. The number of carbonyl (C=O) groups excluding carboxylic acids is 1. The maximum atomic E-state index is 12.0. The minimum absolute atomic E-state index is 0.0879. The minimum atomic E-state index is 0.0879. The fourth-order valence-corrected chi connectivity index (χ4v) is 3.11. The van der Waals surface area contributed by atoms with E-state index in [-0.39, 0.29) is 12.5 Å². The molecule has 0 spiro atoms. The van der Waals surface area contributed by atoms with Gasteiger partial charge >= 0.3 is 0 Å². The number of aromatic nitrogens is 3. The predicted octanol–water partition coefficient (Wildman–Crippen LogP) is 1.90. The van der Waals surface area contributed by atoms with Crippen molar-refractivity contribution in [3.63, 3.8) is 0 Å². The number of hydrogen-bond acceptors (Lipinski definition) is 4. The topological polar surface area (TPSA) is 71.1 Å². The molecular formula is C17H22N4O2. The molecule has 1 aliphatic heterocycles. The highest BCUT2D eigenvalue weighted by molar-refractivity contribution is 5.77. The van der Waals surface area contributed by atoms with Gasteiger partial charge in [0.2, 0.25) is 5.91 Å². The molecule has 1 saturated heterocycles. The van der Waals surface area contributed by atoms with Gasteiger partial charge < -0.3 is 9.64 Å². The third-order valence-electron chi connectivity index (χ3n) is 4.27. The molecule has 23 heavy (non-hydrogen) atoms. The second-order valence-electron chi connectivity index (χ2n) is 6.01. The molecule has 1 N–H and O–H groups in total. The fraction of sp³-hybridized carbons (Fsp3) is 0.471. The Hall–Kier alpha value is -2.21. The summed E-state index contributed by atoms with van der Waals surface area (Å²) >= 11 is 0. The molecule has 0 bridgehead atoms. The molecule has 3 heterocycles. The SMILES string of the molecule is COCC(=O)N1CCC[C@H](Cc2ccc(-c3ccn[nH]3)nc2)C1. The number of amides is 1. The zero-order chi connectivity index (χ0) is 16.1. The molecule has 1 fully saturated rings. The molecule has 6 nitrogen and oxygen atoms in total. The normalized spacial score (nSPS) is 18.1. The smallest absolute Gasteiger partial charge is 0.248 e. The highest BCUT2D eigenvalue weighted by atomic mass is 16.5. The van der Waals surface area contributed by atoms with Crippen LogP contribution in [-0.4, -0.2) is 52.8 Å². The van der Waals surface area contributed by atoms with Crippen molar-refractivity contribution in [2.24, 2.45) is 5.92 Å². The maximum absolute atomic E-state index is 12.0. The Labute approximate surface area is 135 Å². The van der Waals surface area contributed by atoms with Crippen LogP contribution in [0, 0.1) is 5.92 Å². The van der Waals surface area contributed by atoms with Crippen molar-refractivity contribution in [3.05, 3.63) is 36.2 Å². The molecule has 0 saturated carbocycles. The molecule has 6 heteroatoms. The summed E-state index contributed by atoms with van der Waals surface area (Å²) in [6.45, 7) is 1.83. The first-order valence-electron chi connectivity index (χ1n) is 7.97. The van der Waals surface area contributed by atoms with Gasteiger partial charge in [-0.1, -0.05) is 6.07 Å². The number of nitrogens with one attached hydrogen (secondary N) is 1. The van der Waals surface area contributed by atoms with Crippen LogP contribution < -0.4 is 0 Å². The second kappa shape index (κ2) is 7.37. The van der Waals surface area contributed by atoms with Crippen molar-refractivity contribution in [1.82, 2.24) is 20.1 Å². The van der Waals surface area contributed by atoms with E-state index in [1.807, 2.05) is 23.2 Å². The summed E-state index contributed by atoms with van der Waals surface area (Å²) in [5.74, 6) is 0.578. The van der Waals surface area contributed by atoms with E-state index in [1.165, 1.54) is 5.56 Å². The molecular weight excluding hydrogens is 292 g/mol. The van der Waals surface area contributed by atoms with E-state index in [1.54, 1.807) is 13.3 Å². The molecule has 0 aliphatic carbocycles. The largest absolute Gasteiger partial charge is 0.375 e. The predicted molar refractivity (Wildman–Crippen MR) is 86.7 cm³/mol. The van der Waals surface area contributed by atoms with Crippen LogP contribution in [0.1, 0.15) is 18.4 Å². The summed E-state index contributed by atoms with van der Waals surface area (Å²) in [7, 11) is 1.56. The zero-order valence-electron chi connectivity index (χ0n) is 13.4. The van der Waals surface area contributed by atoms with E-state index in [9.17, 15) is 4.79 Å². The van der Waals surface area contributed by atoms with Crippen LogP contribution in [0.2, 0.25) is 0 Å². The summed E-state index contributed by atoms with van der Waals surface area (Å²) in [6, 6.07) is 6.03. The standard InChI is InChI=1S/C17H22N4O2/c1-23-12-17(22)21-8-2-3-14(11-21)9-13-4-5-15(18-10-13)16-6-7-19-20-16/h4-7,10,14H,2-3,8-9,11-12H2,1H3,(H,19,20)/t14-/m1/s1. The Balaban J connectivity index is 1.59. The zero-order valence-corrected chi connectivity index (χ0v) is 13.4. The molecule has 1 aliphatic rings. The lowest BCUT2D eigenvalue weighted by Gasteiger charge is -2.32. The van der Waals surface area contributed by atoms with Crippen molar-refractivity contribution in [2.45, 2.75) is 19.3 Å². The number of H-pyrrole nitrogens is 1. The molecule has 1 amide bonds. The number of likely N-dealkylation sites (tertiary alicyclic amines) is 1. The van der Waals surface area contributed by atoms with Gasteiger partial charge in [-0.05, 0) is 42.9 Å². The van der Waals surface area contributed by atoms with Crippen LogP contribution >= 0.6 is 0 Å². The van der Waals surface area contributed by atoms with Crippen LogP contribution in [-0.2, 0) is 16.0 Å². The molecule has 0 aromatic carbocycles. The number of pyridine rings is 1. The van der Waals surface area contributed by atoms with Gasteiger partial charge in [-0.2, -0.15) is 5.10 Å². The molecule has 0 unspecified atom stereocenters. The van der Waals surface area contributed by atoms with Crippen molar-refractivity contribution in [1.29, 1.82) is 0 Å². The van der Waals surface area contributed by atoms with E-state index in [2.05, 4.69) is 21.2 Å². The lowest BCUT2D eigenvalue weighted by molar-refractivity contribution is -0.136. The Morgan fingerprint density at radius 2 is 2.35 bits per heavy atom. The average Bonchev–Trinajstić information content (AvgIpc) is 3.11. The summed E-state index contributed by atoms with van der Waals surface area (Å²) in [6.07, 6.45) is 6.80. The Morgan fingerprint density at radius 3 is 3.04 bits per heavy atom. The van der Waals surface area contributed by atoms with Crippen molar-refractivity contribution < 1.29 is 9.53 Å². The van der Waals surface area contributed by atoms with E-state index < -0.39 is 0 Å². The van der Waals surface area contributed by atoms with Gasteiger partial charge in [0.05, 0.1) is 11.4 Å². The molecule has 2 aromatic heterocycles. The van der Waals surface area contributed by atoms with E-state index >= 15 is 0 Å². The van der Waals surface area contributed by atoms with Crippen LogP contribution in [0.15, 0.2) is 30.6 Å². The van der Waals surface area contributed by atoms with Crippen LogP contribution in [0.25, 0.3) is 11.4 Å². The summed E-state index contributed by atoms with van der Waals surface area (Å²) < 4.78 is 4.95. The lowest BCUT2D eigenvalue weighted by Crippen LogP contribution is -2.42. The Kier molecular flexibility index (Phi) is 5.02. The number of ether oxygens (including phenoxy) is 1. The number of nitrogens with zero attached hydrogens (tertiary/aromatic N) is 3. The Morgan fingerprint density at radius 1 is 1.43 bits per heavy atom. The highest BCUT2D eigenvalue weighted by Gasteiger charge is 2.23. The third kappa shape index (κ3) is 3.96. The van der Waals surface area contributed by atoms with Crippen molar-refractivity contribution >= 4 is 5.91 Å². The van der Waals surface area contributed by atoms with Crippen LogP contribution in [0.5, 0.6) is 0 Å². The number of piperidine rings is 1. The van der Waals surface area contributed by atoms with Gasteiger partial charge in [-0.3, -0.25) is 14.9 Å². The van der Waals surface area contributed by atoms with Crippen molar-refractivity contribution in [3.8, 4) is 11.4 Å². The first-order valence-corrected chi connectivity index (χ1v) is 7.97. The molecule has 0 radical (unpaired) electrons. The fourth-order valence-electron chi connectivity index (χ4n) is 3.11. The van der Waals surface area contributed by atoms with Crippen molar-refractivity contribution in [2.75, 3.05) is 26.8 Å². The average molecular weight is 314 g/mol. The quantitative estimate of drug-likeness (QED) is 0.915. The summed E-state index contributed by atoms with van der Waals surface area (Å²) in [5.41, 5.74) is 3.02. The van der Waals surface area contributed by atoms with Gasteiger partial charge in [0, 0.05) is 32.6 Å². The number of methoxy groups -OCH3 is 1. The molecule has 122 valence electrons. The van der Waals surface area contributed by atoms with Gasteiger partial charge in [0.1, 0.15) is 6.61 Å². The Bertz CT molecular complexity index is 625. The first kappa shape index (κ1) is 15.7. The van der Waals surface area contributed by atoms with E-state index in [4.69, 9.17) is 4.74 Å². The number of rotatable bonds is 5. The van der Waals surface area contributed by atoms with Gasteiger partial charge in [-0.15, -0.1) is 0 Å². The minimum Gasteiger partial charge on any atom is -0.375 e. The van der Waals surface area contributed by atoms with E-state index in [0.29, 0.717) is 5.92 Å². The summed E-state index contributed by atoms with van der Waals surface area (Å²) in [5, 5.41) is 6.86. The maximum Gasteiger partial charge on any atom is 0.248 e.